The van der Waals surface area contributed by atoms with E-state index < -0.39 is 0 Å². The first-order valence-electron chi connectivity index (χ1n) is 9.69. The number of anilines is 2. The van der Waals surface area contributed by atoms with E-state index in [1.807, 2.05) is 12.1 Å². The third kappa shape index (κ3) is 4.11. The van der Waals surface area contributed by atoms with Crippen LogP contribution >= 0.6 is 0 Å². The van der Waals surface area contributed by atoms with Crippen LogP contribution in [0, 0.1) is 0 Å². The van der Waals surface area contributed by atoms with Crippen LogP contribution in [0.15, 0.2) is 41.2 Å². The van der Waals surface area contributed by atoms with Gasteiger partial charge in [0.25, 0.3) is 5.56 Å². The summed E-state index contributed by atoms with van der Waals surface area (Å²) in [4.78, 5) is 19.9. The summed E-state index contributed by atoms with van der Waals surface area (Å²) in [6.07, 6.45) is 3.24. The van der Waals surface area contributed by atoms with Gasteiger partial charge in [0.15, 0.2) is 0 Å². The Bertz CT molecular complexity index is 812. The highest BCUT2D eigenvalue weighted by molar-refractivity contribution is 5.56. The molecule has 0 spiro atoms. The zero-order valence-corrected chi connectivity index (χ0v) is 15.8. The van der Waals surface area contributed by atoms with Crippen LogP contribution in [0.1, 0.15) is 18.4 Å². The summed E-state index contributed by atoms with van der Waals surface area (Å²) >= 11 is 0. The van der Waals surface area contributed by atoms with Crippen molar-refractivity contribution < 1.29 is 9.47 Å². The highest BCUT2D eigenvalue weighted by Gasteiger charge is 2.26. The molecule has 0 saturated carbocycles. The van der Waals surface area contributed by atoms with Crippen LogP contribution in [0.4, 0.5) is 11.5 Å². The SMILES string of the molecule is COc1ccc(C[C@@H]2CCCN2c2cc(N3CCOCC3)cc(=O)[nH]2)cc1. The highest BCUT2D eigenvalue weighted by atomic mass is 16.5. The Labute approximate surface area is 159 Å². The number of morpholine rings is 1. The van der Waals surface area contributed by atoms with E-state index in [4.69, 9.17) is 9.47 Å². The Balaban J connectivity index is 1.53. The average Bonchev–Trinajstić information content (AvgIpc) is 3.17. The molecule has 0 bridgehead atoms. The van der Waals surface area contributed by atoms with Crippen LogP contribution in [-0.4, -0.2) is 51.0 Å². The van der Waals surface area contributed by atoms with Gasteiger partial charge in [0.05, 0.1) is 20.3 Å². The second-order valence-electron chi connectivity index (χ2n) is 7.23. The minimum Gasteiger partial charge on any atom is -0.497 e. The number of benzene rings is 1. The monoisotopic (exact) mass is 369 g/mol. The van der Waals surface area contributed by atoms with Gasteiger partial charge >= 0.3 is 0 Å². The van der Waals surface area contributed by atoms with E-state index in [0.717, 1.165) is 56.2 Å². The molecular weight excluding hydrogens is 342 g/mol. The summed E-state index contributed by atoms with van der Waals surface area (Å²) < 4.78 is 10.7. The summed E-state index contributed by atoms with van der Waals surface area (Å²) in [5.41, 5.74) is 2.25. The number of aromatic nitrogens is 1. The van der Waals surface area contributed by atoms with E-state index in [9.17, 15) is 4.79 Å². The molecule has 2 aliphatic heterocycles. The highest BCUT2D eigenvalue weighted by Crippen LogP contribution is 2.28. The van der Waals surface area contributed by atoms with E-state index in [1.54, 1.807) is 13.2 Å². The van der Waals surface area contributed by atoms with Gasteiger partial charge in [-0.25, -0.2) is 0 Å². The summed E-state index contributed by atoms with van der Waals surface area (Å²) in [6.45, 7) is 4.07. The van der Waals surface area contributed by atoms with Gasteiger partial charge in [-0.15, -0.1) is 0 Å². The smallest absolute Gasteiger partial charge is 0.251 e. The summed E-state index contributed by atoms with van der Waals surface area (Å²) in [6, 6.07) is 12.5. The number of H-pyrrole nitrogens is 1. The number of aromatic amines is 1. The molecule has 0 unspecified atom stereocenters. The van der Waals surface area contributed by atoms with Crippen molar-refractivity contribution in [2.24, 2.45) is 0 Å². The van der Waals surface area contributed by atoms with Gasteiger partial charge in [0, 0.05) is 43.5 Å². The zero-order chi connectivity index (χ0) is 18.6. The van der Waals surface area contributed by atoms with Gasteiger partial charge in [-0.05, 0) is 37.0 Å². The zero-order valence-electron chi connectivity index (χ0n) is 15.8. The molecule has 1 aromatic heterocycles. The molecule has 27 heavy (non-hydrogen) atoms. The molecule has 2 aromatic rings. The van der Waals surface area contributed by atoms with Crippen molar-refractivity contribution in [1.82, 2.24) is 4.98 Å². The Morgan fingerprint density at radius 2 is 1.93 bits per heavy atom. The largest absolute Gasteiger partial charge is 0.497 e. The lowest BCUT2D eigenvalue weighted by atomic mass is 10.0. The van der Waals surface area contributed by atoms with Crippen molar-refractivity contribution in [1.29, 1.82) is 0 Å². The number of nitrogens with one attached hydrogen (secondary N) is 1. The van der Waals surface area contributed by atoms with Crippen molar-refractivity contribution in [2.75, 3.05) is 49.8 Å². The molecule has 2 fully saturated rings. The topological polar surface area (TPSA) is 57.8 Å². The molecule has 3 heterocycles. The van der Waals surface area contributed by atoms with Gasteiger partial charge in [-0.2, -0.15) is 0 Å². The average molecular weight is 369 g/mol. The van der Waals surface area contributed by atoms with Crippen LogP contribution in [-0.2, 0) is 11.2 Å². The molecule has 1 N–H and O–H groups in total. The summed E-state index contributed by atoms with van der Waals surface area (Å²) in [7, 11) is 1.69. The van der Waals surface area contributed by atoms with Gasteiger partial charge in [0.2, 0.25) is 0 Å². The number of hydrogen-bond acceptors (Lipinski definition) is 5. The third-order valence-corrected chi connectivity index (χ3v) is 5.51. The van der Waals surface area contributed by atoms with Crippen LogP contribution < -0.4 is 20.1 Å². The fourth-order valence-corrected chi connectivity index (χ4v) is 4.07. The lowest BCUT2D eigenvalue weighted by Crippen LogP contribution is -2.37. The fourth-order valence-electron chi connectivity index (χ4n) is 4.07. The first-order chi connectivity index (χ1) is 13.2. The number of methoxy groups -OCH3 is 1. The van der Waals surface area contributed by atoms with Crippen molar-refractivity contribution in [3.8, 4) is 5.75 Å². The van der Waals surface area contributed by atoms with E-state index in [1.165, 1.54) is 5.56 Å². The minimum atomic E-state index is -0.0379. The third-order valence-electron chi connectivity index (χ3n) is 5.51. The van der Waals surface area contributed by atoms with Crippen LogP contribution in [0.5, 0.6) is 5.75 Å². The Morgan fingerprint density at radius 1 is 1.15 bits per heavy atom. The van der Waals surface area contributed by atoms with E-state index in [-0.39, 0.29) is 5.56 Å². The number of hydrogen-bond donors (Lipinski definition) is 1. The molecule has 144 valence electrons. The van der Waals surface area contributed by atoms with Crippen LogP contribution in [0.2, 0.25) is 0 Å². The van der Waals surface area contributed by atoms with Gasteiger partial charge in [0.1, 0.15) is 11.6 Å². The first-order valence-corrected chi connectivity index (χ1v) is 9.69. The van der Waals surface area contributed by atoms with Gasteiger partial charge in [-0.1, -0.05) is 12.1 Å². The maximum Gasteiger partial charge on any atom is 0.251 e. The standard InChI is InChI=1S/C21H27N3O3/c1-26-19-6-4-16(5-7-19)13-17-3-2-8-24(17)20-14-18(15-21(25)22-20)23-9-11-27-12-10-23/h4-7,14-15,17H,2-3,8-13H2,1H3,(H,22,25)/t17-/m0/s1. The normalized spacial score (nSPS) is 20.1. The Kier molecular flexibility index (Phi) is 5.34. The Morgan fingerprint density at radius 3 is 2.67 bits per heavy atom. The molecule has 6 heteroatoms. The molecule has 0 amide bonds. The van der Waals surface area contributed by atoms with E-state index in [0.29, 0.717) is 19.3 Å². The lowest BCUT2D eigenvalue weighted by molar-refractivity contribution is 0.122. The molecule has 2 saturated heterocycles. The second kappa shape index (κ2) is 8.05. The predicted octanol–water partition coefficient (Wildman–Crippen LogP) is 2.43. The molecule has 2 aliphatic rings. The fraction of sp³-hybridized carbons (Fsp3) is 0.476. The number of rotatable bonds is 5. The van der Waals surface area contributed by atoms with Crippen LogP contribution in [0.3, 0.4) is 0 Å². The molecule has 0 radical (unpaired) electrons. The number of nitrogens with zero attached hydrogens (tertiary/aromatic N) is 2. The Hall–Kier alpha value is -2.47. The number of pyridine rings is 1. The van der Waals surface area contributed by atoms with E-state index in [2.05, 4.69) is 33.0 Å². The molecular formula is C21H27N3O3. The quantitative estimate of drug-likeness (QED) is 0.877. The first kappa shape index (κ1) is 17.9. The molecule has 6 nitrogen and oxygen atoms in total. The van der Waals surface area contributed by atoms with Crippen molar-refractivity contribution in [2.45, 2.75) is 25.3 Å². The van der Waals surface area contributed by atoms with Crippen LogP contribution in [0.25, 0.3) is 0 Å². The van der Waals surface area contributed by atoms with Crippen molar-refractivity contribution >= 4 is 11.5 Å². The van der Waals surface area contributed by atoms with Gasteiger partial charge in [-0.3, -0.25) is 4.79 Å². The van der Waals surface area contributed by atoms with Gasteiger partial charge < -0.3 is 24.3 Å². The molecule has 1 atom stereocenters. The minimum absolute atomic E-state index is 0.0379. The molecule has 1 aromatic carbocycles. The maximum atomic E-state index is 12.3. The maximum absolute atomic E-state index is 12.3. The second-order valence-corrected chi connectivity index (χ2v) is 7.23. The van der Waals surface area contributed by atoms with E-state index >= 15 is 0 Å². The summed E-state index contributed by atoms with van der Waals surface area (Å²) in [5.74, 6) is 1.81. The molecule has 4 rings (SSSR count). The molecule has 0 aliphatic carbocycles. The number of ether oxygens (including phenoxy) is 2. The lowest BCUT2D eigenvalue weighted by Gasteiger charge is -2.31. The van der Waals surface area contributed by atoms with Crippen molar-refractivity contribution in [3.63, 3.8) is 0 Å². The predicted molar refractivity (Wildman–Crippen MR) is 107 cm³/mol. The summed E-state index contributed by atoms with van der Waals surface area (Å²) in [5, 5.41) is 0. The van der Waals surface area contributed by atoms with Crippen molar-refractivity contribution in [3.05, 3.63) is 52.3 Å².